The molecule has 170 valence electrons. The fourth-order valence-corrected chi connectivity index (χ4v) is 4.15. The summed E-state index contributed by atoms with van der Waals surface area (Å²) < 4.78 is 6.93. The number of nitrogens with two attached hydrogens (primary N) is 1. The van der Waals surface area contributed by atoms with Gasteiger partial charge in [0.2, 0.25) is 0 Å². The minimum atomic E-state index is -0.653. The summed E-state index contributed by atoms with van der Waals surface area (Å²) in [5.74, 6) is 0.626. The lowest BCUT2D eigenvalue weighted by molar-refractivity contribution is 0.257. The van der Waals surface area contributed by atoms with Crippen LogP contribution in [0.4, 0.5) is 16.2 Å². The molecule has 6 nitrogen and oxygen atoms in total. The van der Waals surface area contributed by atoms with E-state index in [1.165, 1.54) is 5.56 Å². The highest BCUT2D eigenvalue weighted by molar-refractivity contribution is 7.82. The van der Waals surface area contributed by atoms with Crippen molar-refractivity contribution in [2.45, 2.75) is 13.2 Å². The third-order valence-electron chi connectivity index (χ3n) is 5.31. The number of thiocarbonyl (C=S) groups is 1. The van der Waals surface area contributed by atoms with Crippen LogP contribution in [0.1, 0.15) is 11.1 Å². The Hall–Kier alpha value is -2.94. The molecule has 0 atom stereocenters. The fraction of sp³-hybridized carbons (Fsp3) is 0.167. The smallest absolute Gasteiger partial charge is 0.329 e. The number of amides is 2. The van der Waals surface area contributed by atoms with Crippen molar-refractivity contribution in [1.29, 1.82) is 0 Å². The summed E-state index contributed by atoms with van der Waals surface area (Å²) >= 11 is 15.8. The van der Waals surface area contributed by atoms with Crippen LogP contribution in [0.2, 0.25) is 5.02 Å². The van der Waals surface area contributed by atoms with Crippen LogP contribution in [-0.2, 0) is 13.2 Å². The average molecular weight is 499 g/mol. The van der Waals surface area contributed by atoms with Crippen LogP contribution in [0.15, 0.2) is 72.8 Å². The molecule has 33 heavy (non-hydrogen) atoms. The van der Waals surface area contributed by atoms with E-state index in [0.717, 1.165) is 40.3 Å². The Morgan fingerprint density at radius 1 is 1.06 bits per heavy atom. The zero-order valence-electron chi connectivity index (χ0n) is 17.7. The molecule has 0 bridgehead atoms. The van der Waals surface area contributed by atoms with E-state index in [9.17, 15) is 4.79 Å². The monoisotopic (exact) mass is 498 g/mol. The van der Waals surface area contributed by atoms with Crippen LogP contribution in [-0.4, -0.2) is 29.1 Å². The van der Waals surface area contributed by atoms with E-state index in [1.807, 2.05) is 42.5 Å². The van der Waals surface area contributed by atoms with Crippen molar-refractivity contribution in [2.24, 2.45) is 5.73 Å². The molecule has 3 aromatic rings. The number of hydrogen-bond acceptors (Lipinski definition) is 4. The second-order valence-corrected chi connectivity index (χ2v) is 8.79. The molecule has 1 aliphatic rings. The lowest BCUT2D eigenvalue weighted by Crippen LogP contribution is -2.31. The third kappa shape index (κ3) is 5.71. The van der Waals surface area contributed by atoms with E-state index >= 15 is 0 Å². The first-order chi connectivity index (χ1) is 15.9. The molecule has 0 radical (unpaired) electrons. The first-order valence-electron chi connectivity index (χ1n) is 10.3. The van der Waals surface area contributed by atoms with Crippen LogP contribution in [0.3, 0.4) is 0 Å². The van der Waals surface area contributed by atoms with E-state index in [0.29, 0.717) is 23.1 Å². The molecule has 0 unspecified atom stereocenters. The highest BCUT2D eigenvalue weighted by atomic mass is 35.5. The molecule has 4 rings (SSSR count). The minimum Gasteiger partial charge on any atom is -0.489 e. The van der Waals surface area contributed by atoms with Crippen molar-refractivity contribution in [3.05, 3.63) is 88.9 Å². The number of thiol groups is 1. The summed E-state index contributed by atoms with van der Waals surface area (Å²) in [6.07, 6.45) is 0. The molecule has 0 aliphatic carbocycles. The van der Waals surface area contributed by atoms with Gasteiger partial charge < -0.3 is 20.3 Å². The van der Waals surface area contributed by atoms with Gasteiger partial charge in [0.05, 0.1) is 5.69 Å². The normalized spacial score (nSPS) is 13.3. The van der Waals surface area contributed by atoms with Gasteiger partial charge in [0.25, 0.3) is 0 Å². The van der Waals surface area contributed by atoms with Gasteiger partial charge in [-0.3, -0.25) is 0 Å². The number of urea groups is 1. The molecular formula is C24H23ClN4O2S2. The Morgan fingerprint density at radius 3 is 2.45 bits per heavy atom. The fourth-order valence-electron chi connectivity index (χ4n) is 3.55. The Kier molecular flexibility index (Phi) is 7.27. The van der Waals surface area contributed by atoms with Gasteiger partial charge in [-0.25, -0.2) is 9.10 Å². The van der Waals surface area contributed by atoms with Gasteiger partial charge in [-0.05, 0) is 59.7 Å². The van der Waals surface area contributed by atoms with Crippen LogP contribution in [0.5, 0.6) is 5.75 Å². The molecule has 1 heterocycles. The van der Waals surface area contributed by atoms with Gasteiger partial charge >= 0.3 is 6.03 Å². The molecule has 1 fully saturated rings. The largest absolute Gasteiger partial charge is 0.489 e. The summed E-state index contributed by atoms with van der Waals surface area (Å²) in [4.78, 5) is 15.6. The van der Waals surface area contributed by atoms with E-state index in [1.54, 1.807) is 18.2 Å². The topological polar surface area (TPSA) is 62.0 Å². The Labute approximate surface area is 209 Å². The third-order valence-corrected chi connectivity index (χ3v) is 6.46. The summed E-state index contributed by atoms with van der Waals surface area (Å²) in [6, 6.07) is 22.4. The predicted molar refractivity (Wildman–Crippen MR) is 140 cm³/mol. The molecule has 2 N–H and O–H groups in total. The van der Waals surface area contributed by atoms with E-state index in [-0.39, 0.29) is 0 Å². The summed E-state index contributed by atoms with van der Waals surface area (Å²) in [6.45, 7) is 2.87. The van der Waals surface area contributed by atoms with Gasteiger partial charge in [-0.2, -0.15) is 0 Å². The van der Waals surface area contributed by atoms with E-state index < -0.39 is 6.03 Å². The standard InChI is InChI=1S/C24H23ClN4O2S2/c25-19-8-10-20(11-9-19)28-13-12-27(24(28)32)15-17-4-6-18(7-5-17)16-31-22-3-1-2-21(14-22)29(33)23(26)30/h1-11,14,33H,12-13,15-16H2,(H2,26,30). The van der Waals surface area contributed by atoms with E-state index in [2.05, 4.69) is 34.7 Å². The lowest BCUT2D eigenvalue weighted by Gasteiger charge is -2.22. The second-order valence-electron chi connectivity index (χ2n) is 7.58. The zero-order valence-corrected chi connectivity index (χ0v) is 20.2. The Balaban J connectivity index is 1.33. The first kappa shape index (κ1) is 23.2. The molecule has 2 amide bonds. The van der Waals surface area contributed by atoms with Gasteiger partial charge in [0, 0.05) is 36.4 Å². The minimum absolute atomic E-state index is 0.402. The molecular weight excluding hydrogens is 476 g/mol. The summed E-state index contributed by atoms with van der Waals surface area (Å²) in [5, 5.41) is 1.53. The summed E-state index contributed by atoms with van der Waals surface area (Å²) in [5.41, 5.74) is 9.07. The quantitative estimate of drug-likeness (QED) is 0.344. The number of ether oxygens (including phenoxy) is 1. The van der Waals surface area contributed by atoms with Crippen molar-refractivity contribution in [3.63, 3.8) is 0 Å². The highest BCUT2D eigenvalue weighted by Gasteiger charge is 2.25. The van der Waals surface area contributed by atoms with Gasteiger partial charge in [0.15, 0.2) is 5.11 Å². The molecule has 0 saturated carbocycles. The Morgan fingerprint density at radius 2 is 1.76 bits per heavy atom. The molecule has 9 heteroatoms. The van der Waals surface area contributed by atoms with Crippen molar-refractivity contribution >= 4 is 59.2 Å². The number of halogens is 1. The molecule has 0 aromatic heterocycles. The van der Waals surface area contributed by atoms with Crippen molar-refractivity contribution < 1.29 is 9.53 Å². The average Bonchev–Trinajstić information content (AvgIpc) is 3.18. The number of carbonyl (C=O) groups excluding carboxylic acids is 1. The molecule has 0 spiro atoms. The van der Waals surface area contributed by atoms with Crippen molar-refractivity contribution in [3.8, 4) is 5.75 Å². The number of hydrogen-bond donors (Lipinski definition) is 2. The Bertz CT molecular complexity index is 1140. The number of primary amides is 1. The molecule has 1 saturated heterocycles. The summed E-state index contributed by atoms with van der Waals surface area (Å²) in [7, 11) is 0. The number of carbonyl (C=O) groups is 1. The maximum Gasteiger partial charge on any atom is 0.329 e. The van der Waals surface area contributed by atoms with Crippen LogP contribution < -0.4 is 19.7 Å². The second kappa shape index (κ2) is 10.3. The predicted octanol–water partition coefficient (Wildman–Crippen LogP) is 5.26. The SMILES string of the molecule is NC(=O)N(S)c1cccc(OCc2ccc(CN3CCN(c4ccc(Cl)cc4)C3=S)cc2)c1. The van der Waals surface area contributed by atoms with Gasteiger partial charge in [-0.1, -0.05) is 54.7 Å². The van der Waals surface area contributed by atoms with Gasteiger partial charge in [-0.15, -0.1) is 0 Å². The first-order valence-corrected chi connectivity index (χ1v) is 11.5. The highest BCUT2D eigenvalue weighted by Crippen LogP contribution is 2.25. The van der Waals surface area contributed by atoms with Crippen molar-refractivity contribution in [2.75, 3.05) is 22.3 Å². The zero-order chi connectivity index (χ0) is 23.4. The van der Waals surface area contributed by atoms with E-state index in [4.69, 9.17) is 34.3 Å². The lowest BCUT2D eigenvalue weighted by atomic mass is 10.1. The maximum atomic E-state index is 11.3. The van der Waals surface area contributed by atoms with Gasteiger partial charge in [0.1, 0.15) is 12.4 Å². The van der Waals surface area contributed by atoms with Crippen molar-refractivity contribution in [1.82, 2.24) is 4.90 Å². The number of rotatable bonds is 7. The van der Waals surface area contributed by atoms with Crippen LogP contribution >= 0.6 is 36.6 Å². The van der Waals surface area contributed by atoms with Crippen LogP contribution in [0.25, 0.3) is 0 Å². The number of anilines is 2. The molecule has 1 aliphatic heterocycles. The maximum absolute atomic E-state index is 11.3. The number of benzene rings is 3. The number of nitrogens with zero attached hydrogens (tertiary/aromatic N) is 3. The van der Waals surface area contributed by atoms with Crippen LogP contribution in [0, 0.1) is 0 Å². The molecule has 3 aromatic carbocycles.